The van der Waals surface area contributed by atoms with Gasteiger partial charge < -0.3 is 5.32 Å². The second kappa shape index (κ2) is 5.24. The molecule has 23 heavy (non-hydrogen) atoms. The number of amides is 1. The molecule has 1 N–H and O–H groups in total. The van der Waals surface area contributed by atoms with Gasteiger partial charge in [0.15, 0.2) is 11.0 Å². The largest absolute Gasteiger partial charge is 0.350 e. The molecule has 0 radical (unpaired) electrons. The van der Waals surface area contributed by atoms with Crippen LogP contribution in [0.25, 0.3) is 10.9 Å². The van der Waals surface area contributed by atoms with Crippen molar-refractivity contribution in [3.05, 3.63) is 28.1 Å². The minimum absolute atomic E-state index is 0.00546. The molecule has 0 atom stereocenters. The molecule has 2 aliphatic rings. The van der Waals surface area contributed by atoms with E-state index in [2.05, 4.69) is 20.3 Å². The highest BCUT2D eigenvalue weighted by molar-refractivity contribution is 6.30. The minimum atomic E-state index is -0.673. The van der Waals surface area contributed by atoms with Crippen LogP contribution in [0.4, 0.5) is 4.39 Å². The summed E-state index contributed by atoms with van der Waals surface area (Å²) in [5.41, 5.74) is 0.772. The van der Waals surface area contributed by atoms with Crippen molar-refractivity contribution >= 4 is 40.0 Å². The molecule has 3 heterocycles. The van der Waals surface area contributed by atoms with Gasteiger partial charge in [-0.25, -0.2) is 19.3 Å². The van der Waals surface area contributed by atoms with Gasteiger partial charge in [0, 0.05) is 29.5 Å². The number of halogens is 3. The van der Waals surface area contributed by atoms with Crippen LogP contribution in [0.15, 0.2) is 6.20 Å². The summed E-state index contributed by atoms with van der Waals surface area (Å²) in [7, 11) is 0. The van der Waals surface area contributed by atoms with Gasteiger partial charge in [-0.1, -0.05) is 11.6 Å². The third kappa shape index (κ3) is 2.44. The SMILES string of the molecule is O=C1CC2(CCC(c3nc(Cl)nc4c(F)c(Cl)ncc34)CC2)N1. The fourth-order valence-electron chi connectivity index (χ4n) is 3.67. The van der Waals surface area contributed by atoms with Gasteiger partial charge in [0.1, 0.15) is 5.52 Å². The van der Waals surface area contributed by atoms with Gasteiger partial charge in [0.2, 0.25) is 11.2 Å². The summed E-state index contributed by atoms with van der Waals surface area (Å²) in [6, 6.07) is 0. The zero-order chi connectivity index (χ0) is 16.2. The molecule has 1 saturated carbocycles. The summed E-state index contributed by atoms with van der Waals surface area (Å²) in [6.07, 6.45) is 5.57. The molecule has 1 aliphatic carbocycles. The summed E-state index contributed by atoms with van der Waals surface area (Å²) in [5, 5.41) is 3.34. The van der Waals surface area contributed by atoms with Crippen LogP contribution < -0.4 is 5.32 Å². The maximum Gasteiger partial charge on any atom is 0.223 e. The van der Waals surface area contributed by atoms with Crippen LogP contribution in [0.5, 0.6) is 0 Å². The van der Waals surface area contributed by atoms with E-state index in [4.69, 9.17) is 23.2 Å². The Hall–Kier alpha value is -1.53. The van der Waals surface area contributed by atoms with E-state index in [1.165, 1.54) is 6.20 Å². The maximum absolute atomic E-state index is 14.2. The normalized spacial score (nSPS) is 27.1. The molecule has 1 saturated heterocycles. The van der Waals surface area contributed by atoms with Crippen LogP contribution >= 0.6 is 23.2 Å². The molecule has 1 amide bonds. The zero-order valence-electron chi connectivity index (χ0n) is 12.1. The predicted molar refractivity (Wildman–Crippen MR) is 84.0 cm³/mol. The first-order valence-electron chi connectivity index (χ1n) is 7.46. The second-order valence-electron chi connectivity index (χ2n) is 6.28. The topological polar surface area (TPSA) is 67.8 Å². The number of rotatable bonds is 1. The third-order valence-electron chi connectivity index (χ3n) is 4.88. The molecule has 5 nitrogen and oxygen atoms in total. The quantitative estimate of drug-likeness (QED) is 0.484. The average molecular weight is 355 g/mol. The van der Waals surface area contributed by atoms with Crippen molar-refractivity contribution in [1.29, 1.82) is 0 Å². The Labute approximate surface area is 141 Å². The molecule has 2 aromatic rings. The minimum Gasteiger partial charge on any atom is -0.350 e. The fraction of sp³-hybridized carbons (Fsp3) is 0.467. The Bertz CT molecular complexity index is 811. The smallest absolute Gasteiger partial charge is 0.223 e. The first-order chi connectivity index (χ1) is 11.0. The van der Waals surface area contributed by atoms with Crippen molar-refractivity contribution in [2.75, 3.05) is 0 Å². The monoisotopic (exact) mass is 354 g/mol. The summed E-state index contributed by atoms with van der Waals surface area (Å²) < 4.78 is 14.2. The predicted octanol–water partition coefficient (Wildman–Crippen LogP) is 3.39. The van der Waals surface area contributed by atoms with Crippen molar-refractivity contribution in [3.63, 3.8) is 0 Å². The lowest BCUT2D eigenvalue weighted by atomic mass is 9.70. The third-order valence-corrected chi connectivity index (χ3v) is 5.31. The Balaban J connectivity index is 1.69. The summed E-state index contributed by atoms with van der Waals surface area (Å²) in [4.78, 5) is 23.3. The lowest BCUT2D eigenvalue weighted by Crippen LogP contribution is -2.62. The Morgan fingerprint density at radius 1 is 1.26 bits per heavy atom. The van der Waals surface area contributed by atoms with Crippen LogP contribution in [-0.2, 0) is 4.79 Å². The van der Waals surface area contributed by atoms with Gasteiger partial charge >= 0.3 is 0 Å². The molecule has 8 heteroatoms. The number of hydrogen-bond donors (Lipinski definition) is 1. The number of nitrogens with zero attached hydrogens (tertiary/aromatic N) is 3. The van der Waals surface area contributed by atoms with Gasteiger partial charge in [-0.15, -0.1) is 0 Å². The van der Waals surface area contributed by atoms with Crippen molar-refractivity contribution in [2.45, 2.75) is 43.6 Å². The van der Waals surface area contributed by atoms with E-state index < -0.39 is 5.82 Å². The molecular formula is C15H13Cl2FN4O. The molecule has 2 aromatic heterocycles. The molecule has 0 aromatic carbocycles. The van der Waals surface area contributed by atoms with Crippen molar-refractivity contribution in [2.24, 2.45) is 0 Å². The van der Waals surface area contributed by atoms with Crippen molar-refractivity contribution in [1.82, 2.24) is 20.3 Å². The highest BCUT2D eigenvalue weighted by Crippen LogP contribution is 2.43. The summed E-state index contributed by atoms with van der Waals surface area (Å²) >= 11 is 11.7. The zero-order valence-corrected chi connectivity index (χ0v) is 13.6. The number of fused-ring (bicyclic) bond motifs is 1. The molecular weight excluding hydrogens is 342 g/mol. The van der Waals surface area contributed by atoms with Gasteiger partial charge in [-0.2, -0.15) is 0 Å². The number of nitrogens with one attached hydrogen (secondary N) is 1. The number of carbonyl (C=O) groups excluding carboxylic acids is 1. The molecule has 4 rings (SSSR count). The van der Waals surface area contributed by atoms with Crippen molar-refractivity contribution in [3.8, 4) is 0 Å². The molecule has 1 spiro atoms. The van der Waals surface area contributed by atoms with E-state index in [-0.39, 0.29) is 33.3 Å². The highest BCUT2D eigenvalue weighted by Gasteiger charge is 2.45. The number of aromatic nitrogens is 3. The average Bonchev–Trinajstić information content (AvgIpc) is 2.50. The van der Waals surface area contributed by atoms with Crippen LogP contribution in [0.2, 0.25) is 10.4 Å². The Morgan fingerprint density at radius 2 is 1.96 bits per heavy atom. The van der Waals surface area contributed by atoms with Crippen molar-refractivity contribution < 1.29 is 9.18 Å². The molecule has 2 fully saturated rings. The number of carbonyl (C=O) groups is 1. The van der Waals surface area contributed by atoms with E-state index in [1.807, 2.05) is 0 Å². The number of pyridine rings is 1. The van der Waals surface area contributed by atoms with Crippen LogP contribution in [0, 0.1) is 5.82 Å². The molecule has 1 aliphatic heterocycles. The van der Waals surface area contributed by atoms with E-state index >= 15 is 0 Å². The summed E-state index contributed by atoms with van der Waals surface area (Å²) in [6.45, 7) is 0. The van der Waals surface area contributed by atoms with E-state index in [0.717, 1.165) is 25.7 Å². The van der Waals surface area contributed by atoms with Gasteiger partial charge in [-0.3, -0.25) is 4.79 Å². The fourth-order valence-corrected chi connectivity index (χ4v) is 3.98. The Morgan fingerprint density at radius 3 is 2.61 bits per heavy atom. The van der Waals surface area contributed by atoms with Gasteiger partial charge in [0.05, 0.1) is 5.69 Å². The molecule has 0 bridgehead atoms. The first-order valence-corrected chi connectivity index (χ1v) is 8.21. The second-order valence-corrected chi connectivity index (χ2v) is 6.98. The highest BCUT2D eigenvalue weighted by atomic mass is 35.5. The van der Waals surface area contributed by atoms with E-state index in [1.54, 1.807) is 0 Å². The molecule has 120 valence electrons. The first kappa shape index (κ1) is 15.0. The van der Waals surface area contributed by atoms with Gasteiger partial charge in [0.25, 0.3) is 0 Å². The number of β-lactam (4-membered cyclic amide) rings is 1. The number of hydrogen-bond acceptors (Lipinski definition) is 4. The lowest BCUT2D eigenvalue weighted by molar-refractivity contribution is -0.134. The van der Waals surface area contributed by atoms with E-state index in [0.29, 0.717) is 17.5 Å². The standard InChI is InChI=1S/C15H13Cl2FN4O/c16-13-10(18)12-8(6-19-13)11(20-14(17)21-12)7-1-3-15(4-2-7)5-9(23)22-15/h6-7H,1-5H2,(H,22,23). The van der Waals surface area contributed by atoms with Crippen LogP contribution in [-0.4, -0.2) is 26.4 Å². The molecule has 0 unspecified atom stereocenters. The van der Waals surface area contributed by atoms with Crippen LogP contribution in [0.3, 0.4) is 0 Å². The van der Waals surface area contributed by atoms with Crippen LogP contribution in [0.1, 0.15) is 43.7 Å². The lowest BCUT2D eigenvalue weighted by Gasteiger charge is -2.46. The maximum atomic E-state index is 14.2. The van der Waals surface area contributed by atoms with E-state index in [9.17, 15) is 9.18 Å². The Kier molecular flexibility index (Phi) is 3.43. The van der Waals surface area contributed by atoms with Gasteiger partial charge in [-0.05, 0) is 37.3 Å². The summed E-state index contributed by atoms with van der Waals surface area (Å²) in [5.74, 6) is -0.420.